The molecule has 0 bridgehead atoms. The maximum atomic E-state index is 12.8. The Bertz CT molecular complexity index is 652. The van der Waals surface area contributed by atoms with Gasteiger partial charge in [0.25, 0.3) is 0 Å². The highest BCUT2D eigenvalue weighted by Crippen LogP contribution is 2.40. The topological polar surface area (TPSA) is 40.6 Å². The Morgan fingerprint density at radius 1 is 1.32 bits per heavy atom. The lowest BCUT2D eigenvalue weighted by Gasteiger charge is -2.26. The molecule has 1 saturated heterocycles. The third-order valence-electron chi connectivity index (χ3n) is 4.09. The summed E-state index contributed by atoms with van der Waals surface area (Å²) in [5.74, 6) is -0.202. The molecule has 2 atom stereocenters. The van der Waals surface area contributed by atoms with Gasteiger partial charge in [0, 0.05) is 30.3 Å². The van der Waals surface area contributed by atoms with Gasteiger partial charge in [0.05, 0.1) is 18.5 Å². The number of hydrogen-bond acceptors (Lipinski definition) is 4. The van der Waals surface area contributed by atoms with Gasteiger partial charge in [-0.15, -0.1) is 22.7 Å². The summed E-state index contributed by atoms with van der Waals surface area (Å²) in [5.41, 5.74) is 0. The zero-order valence-corrected chi connectivity index (χ0v) is 14.2. The molecule has 2 aromatic rings. The summed E-state index contributed by atoms with van der Waals surface area (Å²) in [6.07, 6.45) is 0.298. The zero-order valence-electron chi connectivity index (χ0n) is 12.6. The van der Waals surface area contributed by atoms with Gasteiger partial charge in [0.2, 0.25) is 11.8 Å². The van der Waals surface area contributed by atoms with Gasteiger partial charge in [0.1, 0.15) is 0 Å². The average Bonchev–Trinajstić information content (AvgIpc) is 3.21. The fourth-order valence-electron chi connectivity index (χ4n) is 2.94. The molecule has 0 radical (unpaired) electrons. The number of carbonyl (C=O) groups excluding carboxylic acids is 2. The van der Waals surface area contributed by atoms with Crippen molar-refractivity contribution in [3.8, 4) is 0 Å². The van der Waals surface area contributed by atoms with E-state index in [-0.39, 0.29) is 23.8 Å². The van der Waals surface area contributed by atoms with E-state index in [4.69, 9.17) is 0 Å². The van der Waals surface area contributed by atoms with Gasteiger partial charge >= 0.3 is 0 Å². The van der Waals surface area contributed by atoms with Crippen LogP contribution in [0.2, 0.25) is 0 Å². The van der Waals surface area contributed by atoms with Gasteiger partial charge in [-0.05, 0) is 22.9 Å². The Morgan fingerprint density at radius 2 is 2.05 bits per heavy atom. The van der Waals surface area contributed by atoms with E-state index in [0.29, 0.717) is 13.0 Å². The van der Waals surface area contributed by atoms with E-state index in [1.165, 1.54) is 0 Å². The third kappa shape index (κ3) is 2.80. The molecule has 0 unspecified atom stereocenters. The molecule has 0 aliphatic carbocycles. The molecule has 22 heavy (non-hydrogen) atoms. The summed E-state index contributed by atoms with van der Waals surface area (Å²) in [7, 11) is 3.61. The van der Waals surface area contributed by atoms with Crippen molar-refractivity contribution in [2.75, 3.05) is 14.1 Å². The first kappa shape index (κ1) is 15.2. The van der Waals surface area contributed by atoms with Crippen LogP contribution in [0.1, 0.15) is 22.2 Å². The smallest absolute Gasteiger partial charge is 0.228 e. The summed E-state index contributed by atoms with van der Waals surface area (Å²) in [6.45, 7) is 0.599. The quantitative estimate of drug-likeness (QED) is 0.862. The van der Waals surface area contributed by atoms with E-state index < -0.39 is 0 Å². The monoisotopic (exact) mass is 334 g/mol. The molecule has 2 amide bonds. The van der Waals surface area contributed by atoms with E-state index in [1.807, 2.05) is 42.1 Å². The van der Waals surface area contributed by atoms with Crippen LogP contribution >= 0.6 is 22.7 Å². The average molecular weight is 334 g/mol. The van der Waals surface area contributed by atoms with Crippen molar-refractivity contribution in [3.63, 3.8) is 0 Å². The second-order valence-corrected chi connectivity index (χ2v) is 7.56. The second kappa shape index (κ2) is 6.22. The van der Waals surface area contributed by atoms with Crippen LogP contribution in [0, 0.1) is 5.92 Å². The van der Waals surface area contributed by atoms with Crippen LogP contribution in [0.3, 0.4) is 0 Å². The molecule has 1 aliphatic heterocycles. The van der Waals surface area contributed by atoms with Crippen LogP contribution in [-0.2, 0) is 16.1 Å². The molecular formula is C16H18N2O2S2. The fraction of sp³-hybridized carbons (Fsp3) is 0.375. The van der Waals surface area contributed by atoms with E-state index >= 15 is 0 Å². The van der Waals surface area contributed by atoms with Crippen molar-refractivity contribution in [2.45, 2.75) is 19.0 Å². The van der Waals surface area contributed by atoms with Gasteiger partial charge in [0.15, 0.2) is 0 Å². The summed E-state index contributed by atoms with van der Waals surface area (Å²) in [6, 6.07) is 7.85. The highest BCUT2D eigenvalue weighted by atomic mass is 32.1. The first-order chi connectivity index (χ1) is 10.6. The highest BCUT2D eigenvalue weighted by Gasteiger charge is 2.44. The Hall–Kier alpha value is -1.66. The van der Waals surface area contributed by atoms with Gasteiger partial charge in [-0.25, -0.2) is 0 Å². The molecular weight excluding hydrogens is 316 g/mol. The molecule has 1 aliphatic rings. The molecule has 0 spiro atoms. The maximum absolute atomic E-state index is 12.8. The Balaban J connectivity index is 1.79. The van der Waals surface area contributed by atoms with Gasteiger partial charge < -0.3 is 9.80 Å². The summed E-state index contributed by atoms with van der Waals surface area (Å²) in [4.78, 5) is 30.6. The van der Waals surface area contributed by atoms with Crippen molar-refractivity contribution in [3.05, 3.63) is 44.8 Å². The molecule has 116 valence electrons. The number of carbonyl (C=O) groups is 2. The minimum Gasteiger partial charge on any atom is -0.340 e. The number of likely N-dealkylation sites (tertiary alicyclic amines) is 1. The lowest BCUT2D eigenvalue weighted by atomic mass is 9.97. The predicted octanol–water partition coefficient (Wildman–Crippen LogP) is 2.99. The van der Waals surface area contributed by atoms with Crippen molar-refractivity contribution in [1.82, 2.24) is 9.80 Å². The Kier molecular flexibility index (Phi) is 4.31. The number of hydrogen-bond donors (Lipinski definition) is 0. The number of rotatable bonds is 4. The van der Waals surface area contributed by atoms with Crippen molar-refractivity contribution >= 4 is 34.5 Å². The van der Waals surface area contributed by atoms with Gasteiger partial charge in [-0.2, -0.15) is 0 Å². The van der Waals surface area contributed by atoms with Gasteiger partial charge in [-0.1, -0.05) is 12.1 Å². The SMILES string of the molecule is CN(Cc1cccs1)C(=O)[C@@H]1CC(=O)N(C)[C@H]1c1cccs1. The second-order valence-electron chi connectivity index (χ2n) is 5.55. The molecule has 0 saturated carbocycles. The summed E-state index contributed by atoms with van der Waals surface area (Å²) < 4.78 is 0. The van der Waals surface area contributed by atoms with E-state index in [0.717, 1.165) is 9.75 Å². The normalized spacial score (nSPS) is 21.4. The van der Waals surface area contributed by atoms with Crippen LogP contribution in [0.25, 0.3) is 0 Å². The molecule has 2 aromatic heterocycles. The molecule has 3 heterocycles. The fourth-order valence-corrected chi connectivity index (χ4v) is 4.63. The minimum atomic E-state index is -0.291. The van der Waals surface area contributed by atoms with Crippen molar-refractivity contribution < 1.29 is 9.59 Å². The van der Waals surface area contributed by atoms with Gasteiger partial charge in [-0.3, -0.25) is 9.59 Å². The lowest BCUT2D eigenvalue weighted by molar-refractivity contribution is -0.135. The van der Waals surface area contributed by atoms with Crippen LogP contribution in [-0.4, -0.2) is 35.7 Å². The number of amides is 2. The highest BCUT2D eigenvalue weighted by molar-refractivity contribution is 7.10. The van der Waals surface area contributed by atoms with Crippen LogP contribution in [0.4, 0.5) is 0 Å². The first-order valence-electron chi connectivity index (χ1n) is 7.14. The molecule has 0 N–H and O–H groups in total. The predicted molar refractivity (Wildman–Crippen MR) is 88.7 cm³/mol. The van der Waals surface area contributed by atoms with Crippen molar-refractivity contribution in [2.24, 2.45) is 5.92 Å². The first-order valence-corrected chi connectivity index (χ1v) is 8.90. The molecule has 6 heteroatoms. The maximum Gasteiger partial charge on any atom is 0.228 e. The standard InChI is InChI=1S/C16H18N2O2S2/c1-17(10-11-5-3-7-21-11)16(20)12-9-14(19)18(2)15(12)13-6-4-8-22-13/h3-8,12,15H,9-10H2,1-2H3/t12-,15-/m1/s1. The van der Waals surface area contributed by atoms with Crippen molar-refractivity contribution in [1.29, 1.82) is 0 Å². The van der Waals surface area contributed by atoms with E-state index in [9.17, 15) is 9.59 Å². The molecule has 3 rings (SSSR count). The summed E-state index contributed by atoms with van der Waals surface area (Å²) in [5, 5.41) is 4.00. The largest absolute Gasteiger partial charge is 0.340 e. The van der Waals surface area contributed by atoms with E-state index in [2.05, 4.69) is 0 Å². The van der Waals surface area contributed by atoms with Crippen LogP contribution in [0.15, 0.2) is 35.0 Å². The number of thiophene rings is 2. The zero-order chi connectivity index (χ0) is 15.7. The van der Waals surface area contributed by atoms with Crippen LogP contribution in [0.5, 0.6) is 0 Å². The van der Waals surface area contributed by atoms with Crippen LogP contribution < -0.4 is 0 Å². The third-order valence-corrected chi connectivity index (χ3v) is 5.89. The van der Waals surface area contributed by atoms with E-state index in [1.54, 1.807) is 39.5 Å². The Morgan fingerprint density at radius 3 is 2.68 bits per heavy atom. The molecule has 1 fully saturated rings. The minimum absolute atomic E-state index is 0.0428. The lowest BCUT2D eigenvalue weighted by Crippen LogP contribution is -2.35. The number of nitrogens with zero attached hydrogens (tertiary/aromatic N) is 2. The molecule has 0 aromatic carbocycles. The Labute approximate surface area is 138 Å². The molecule has 4 nitrogen and oxygen atoms in total. The summed E-state index contributed by atoms with van der Waals surface area (Å²) >= 11 is 3.24.